The monoisotopic (exact) mass is 274 g/mol. The van der Waals surface area contributed by atoms with Crippen LogP contribution < -0.4 is 5.73 Å². The van der Waals surface area contributed by atoms with Crippen molar-refractivity contribution in [3.63, 3.8) is 0 Å². The van der Waals surface area contributed by atoms with Crippen LogP contribution in [-0.4, -0.2) is 41.8 Å². The second kappa shape index (κ2) is 5.56. The average Bonchev–Trinajstić information content (AvgIpc) is 2.90. The standard InChI is InChI=1S/C16H22N2O2/c17-12-16(19)6-9-18(10-7-16)8-5-13-11-20-15-4-2-1-3-14(13)15/h1-4,11,19H,5-10,12,17H2. The third kappa shape index (κ3) is 2.73. The Morgan fingerprint density at radius 3 is 2.75 bits per heavy atom. The maximum atomic E-state index is 10.1. The number of nitrogens with two attached hydrogens (primary N) is 1. The van der Waals surface area contributed by atoms with Crippen LogP contribution in [0.2, 0.25) is 0 Å². The first-order valence-corrected chi connectivity index (χ1v) is 7.30. The molecular weight excluding hydrogens is 252 g/mol. The fourth-order valence-corrected chi connectivity index (χ4v) is 2.90. The molecule has 4 heteroatoms. The van der Waals surface area contributed by atoms with E-state index in [9.17, 15) is 5.11 Å². The SMILES string of the molecule is NCC1(O)CCN(CCc2coc3ccccc23)CC1. The van der Waals surface area contributed by atoms with Gasteiger partial charge in [-0.1, -0.05) is 18.2 Å². The van der Waals surface area contributed by atoms with Crippen LogP contribution in [0.5, 0.6) is 0 Å². The Balaban J connectivity index is 1.58. The van der Waals surface area contributed by atoms with Gasteiger partial charge in [-0.15, -0.1) is 0 Å². The highest BCUT2D eigenvalue weighted by Gasteiger charge is 2.30. The Labute approximate surface area is 119 Å². The van der Waals surface area contributed by atoms with E-state index in [1.807, 2.05) is 24.5 Å². The van der Waals surface area contributed by atoms with Crippen molar-refractivity contribution in [1.82, 2.24) is 4.90 Å². The molecule has 1 fully saturated rings. The molecule has 0 bridgehead atoms. The zero-order valence-corrected chi connectivity index (χ0v) is 11.7. The van der Waals surface area contributed by atoms with E-state index in [-0.39, 0.29) is 0 Å². The van der Waals surface area contributed by atoms with Crippen molar-refractivity contribution < 1.29 is 9.52 Å². The fraction of sp³-hybridized carbons (Fsp3) is 0.500. The van der Waals surface area contributed by atoms with Crippen LogP contribution in [0.3, 0.4) is 0 Å². The average molecular weight is 274 g/mol. The molecule has 108 valence electrons. The first-order valence-electron chi connectivity index (χ1n) is 7.30. The Bertz CT molecular complexity index is 571. The van der Waals surface area contributed by atoms with Crippen LogP contribution in [0, 0.1) is 0 Å². The fourth-order valence-electron chi connectivity index (χ4n) is 2.90. The molecule has 1 aromatic heterocycles. The molecule has 0 atom stereocenters. The molecule has 1 aromatic carbocycles. The first-order chi connectivity index (χ1) is 9.70. The van der Waals surface area contributed by atoms with Gasteiger partial charge in [-0.05, 0) is 30.9 Å². The molecule has 3 rings (SSSR count). The summed E-state index contributed by atoms with van der Waals surface area (Å²) in [4.78, 5) is 2.39. The van der Waals surface area contributed by atoms with Gasteiger partial charge in [0.05, 0.1) is 11.9 Å². The number of hydrogen-bond donors (Lipinski definition) is 2. The Hall–Kier alpha value is -1.36. The smallest absolute Gasteiger partial charge is 0.134 e. The van der Waals surface area contributed by atoms with E-state index < -0.39 is 5.60 Å². The van der Waals surface area contributed by atoms with E-state index in [1.54, 1.807) is 0 Å². The van der Waals surface area contributed by atoms with Crippen molar-refractivity contribution in [3.05, 3.63) is 36.1 Å². The number of likely N-dealkylation sites (tertiary alicyclic amines) is 1. The minimum atomic E-state index is -0.640. The second-order valence-corrected chi connectivity index (χ2v) is 5.78. The molecule has 0 unspecified atom stereocenters. The summed E-state index contributed by atoms with van der Waals surface area (Å²) < 4.78 is 5.56. The van der Waals surface area contributed by atoms with Crippen LogP contribution in [0.15, 0.2) is 34.9 Å². The van der Waals surface area contributed by atoms with E-state index in [2.05, 4.69) is 11.0 Å². The van der Waals surface area contributed by atoms with Gasteiger partial charge in [0.25, 0.3) is 0 Å². The number of nitrogens with zero attached hydrogens (tertiary/aromatic N) is 1. The lowest BCUT2D eigenvalue weighted by molar-refractivity contribution is -0.0130. The van der Waals surface area contributed by atoms with Crippen molar-refractivity contribution in [2.24, 2.45) is 5.73 Å². The molecule has 3 N–H and O–H groups in total. The lowest BCUT2D eigenvalue weighted by Crippen LogP contribution is -2.49. The number of furan rings is 1. The molecule has 0 aliphatic carbocycles. The maximum Gasteiger partial charge on any atom is 0.134 e. The second-order valence-electron chi connectivity index (χ2n) is 5.78. The third-order valence-corrected chi connectivity index (χ3v) is 4.43. The van der Waals surface area contributed by atoms with Gasteiger partial charge in [-0.25, -0.2) is 0 Å². The van der Waals surface area contributed by atoms with Gasteiger partial charge in [-0.2, -0.15) is 0 Å². The van der Waals surface area contributed by atoms with Crippen molar-refractivity contribution >= 4 is 11.0 Å². The quantitative estimate of drug-likeness (QED) is 0.892. The summed E-state index contributed by atoms with van der Waals surface area (Å²) in [5, 5.41) is 11.3. The number of aliphatic hydroxyl groups is 1. The molecule has 0 radical (unpaired) electrons. The van der Waals surface area contributed by atoms with Crippen molar-refractivity contribution in [2.75, 3.05) is 26.2 Å². The Morgan fingerprint density at radius 2 is 2.00 bits per heavy atom. The van der Waals surface area contributed by atoms with Crippen LogP contribution >= 0.6 is 0 Å². The highest BCUT2D eigenvalue weighted by molar-refractivity contribution is 5.80. The predicted molar refractivity (Wildman–Crippen MR) is 79.6 cm³/mol. The van der Waals surface area contributed by atoms with Gasteiger partial charge < -0.3 is 20.2 Å². The van der Waals surface area contributed by atoms with E-state index in [0.717, 1.165) is 44.5 Å². The number of benzene rings is 1. The van der Waals surface area contributed by atoms with Gasteiger partial charge in [-0.3, -0.25) is 0 Å². The first kappa shape index (κ1) is 13.6. The van der Waals surface area contributed by atoms with Crippen LogP contribution in [0.1, 0.15) is 18.4 Å². The zero-order valence-electron chi connectivity index (χ0n) is 11.7. The molecule has 2 heterocycles. The maximum absolute atomic E-state index is 10.1. The molecule has 4 nitrogen and oxygen atoms in total. The number of hydrogen-bond acceptors (Lipinski definition) is 4. The van der Waals surface area contributed by atoms with Crippen LogP contribution in [0.25, 0.3) is 11.0 Å². The van der Waals surface area contributed by atoms with Gasteiger partial charge in [0.2, 0.25) is 0 Å². The molecule has 20 heavy (non-hydrogen) atoms. The topological polar surface area (TPSA) is 62.6 Å². The van der Waals surface area contributed by atoms with Gasteiger partial charge in [0.15, 0.2) is 0 Å². The Morgan fingerprint density at radius 1 is 1.25 bits per heavy atom. The minimum Gasteiger partial charge on any atom is -0.464 e. The molecule has 1 aliphatic rings. The highest BCUT2D eigenvalue weighted by Crippen LogP contribution is 2.23. The van der Waals surface area contributed by atoms with Gasteiger partial charge in [0, 0.05) is 31.6 Å². The van der Waals surface area contributed by atoms with Crippen molar-refractivity contribution in [1.29, 1.82) is 0 Å². The highest BCUT2D eigenvalue weighted by atomic mass is 16.3. The normalized spacial score (nSPS) is 19.5. The summed E-state index contributed by atoms with van der Waals surface area (Å²) >= 11 is 0. The van der Waals surface area contributed by atoms with Crippen molar-refractivity contribution in [2.45, 2.75) is 24.9 Å². The third-order valence-electron chi connectivity index (χ3n) is 4.43. The summed E-state index contributed by atoms with van der Waals surface area (Å²) in [7, 11) is 0. The number of para-hydroxylation sites is 1. The number of fused-ring (bicyclic) bond motifs is 1. The molecule has 1 aliphatic heterocycles. The van der Waals surface area contributed by atoms with Crippen LogP contribution in [-0.2, 0) is 6.42 Å². The minimum absolute atomic E-state index is 0.368. The zero-order chi connectivity index (χ0) is 14.0. The van der Waals surface area contributed by atoms with E-state index in [4.69, 9.17) is 10.2 Å². The summed E-state index contributed by atoms with van der Waals surface area (Å²) in [6.45, 7) is 3.21. The number of rotatable bonds is 4. The molecule has 0 spiro atoms. The molecule has 2 aromatic rings. The largest absolute Gasteiger partial charge is 0.464 e. The van der Waals surface area contributed by atoms with Crippen molar-refractivity contribution in [3.8, 4) is 0 Å². The molecule has 0 amide bonds. The molecule has 1 saturated heterocycles. The summed E-state index contributed by atoms with van der Waals surface area (Å²) in [5.41, 5.74) is 7.20. The Kier molecular flexibility index (Phi) is 3.78. The summed E-state index contributed by atoms with van der Waals surface area (Å²) in [5.74, 6) is 0. The van der Waals surface area contributed by atoms with E-state index in [0.29, 0.717) is 6.54 Å². The summed E-state index contributed by atoms with van der Waals surface area (Å²) in [6.07, 6.45) is 4.40. The molecular formula is C16H22N2O2. The number of piperidine rings is 1. The van der Waals surface area contributed by atoms with Gasteiger partial charge in [0.1, 0.15) is 5.58 Å². The molecule has 0 saturated carbocycles. The lowest BCUT2D eigenvalue weighted by atomic mass is 9.91. The predicted octanol–water partition coefficient (Wildman–Crippen LogP) is 1.76. The van der Waals surface area contributed by atoms with Crippen LogP contribution in [0.4, 0.5) is 0 Å². The lowest BCUT2D eigenvalue weighted by Gasteiger charge is -2.37. The van der Waals surface area contributed by atoms with Gasteiger partial charge >= 0.3 is 0 Å². The van der Waals surface area contributed by atoms with E-state index >= 15 is 0 Å². The summed E-state index contributed by atoms with van der Waals surface area (Å²) in [6, 6.07) is 8.15. The van der Waals surface area contributed by atoms with E-state index in [1.165, 1.54) is 10.9 Å².